The monoisotopic (exact) mass is 413 g/mol. The standard InChI is InChI=1S/C18H14F3NO5S/c1-26-16(24)11-2-6-13(7-3-11)22-15(23)10-27-17(25)12-4-8-14(9-5-12)28-18(19,20)21/h2-9H,10H2,1H3,(H,22,23). The largest absolute Gasteiger partial charge is 0.465 e. The Kier molecular flexibility index (Phi) is 7.05. The van der Waals surface area contributed by atoms with Gasteiger partial charge >= 0.3 is 17.4 Å². The van der Waals surface area contributed by atoms with E-state index in [-0.39, 0.29) is 22.2 Å². The Bertz CT molecular complexity index is 851. The molecule has 2 rings (SSSR count). The Labute approximate surface area is 162 Å². The van der Waals surface area contributed by atoms with Gasteiger partial charge < -0.3 is 14.8 Å². The van der Waals surface area contributed by atoms with Crippen molar-refractivity contribution in [2.45, 2.75) is 10.4 Å². The van der Waals surface area contributed by atoms with Crippen LogP contribution in [0, 0.1) is 0 Å². The Morgan fingerprint density at radius 2 is 1.46 bits per heavy atom. The van der Waals surface area contributed by atoms with E-state index in [0.29, 0.717) is 11.3 Å². The van der Waals surface area contributed by atoms with E-state index in [4.69, 9.17) is 4.74 Å². The van der Waals surface area contributed by atoms with E-state index >= 15 is 0 Å². The highest BCUT2D eigenvalue weighted by Gasteiger charge is 2.29. The molecule has 148 valence electrons. The number of hydrogen-bond acceptors (Lipinski definition) is 6. The summed E-state index contributed by atoms with van der Waals surface area (Å²) in [7, 11) is 1.25. The number of ether oxygens (including phenoxy) is 2. The number of benzene rings is 2. The fraction of sp³-hybridized carbons (Fsp3) is 0.167. The fourth-order valence-electron chi connectivity index (χ4n) is 2.01. The summed E-state index contributed by atoms with van der Waals surface area (Å²) in [5.41, 5.74) is -3.72. The number of esters is 2. The smallest absolute Gasteiger partial charge is 0.446 e. The minimum absolute atomic E-state index is 0.0155. The van der Waals surface area contributed by atoms with Gasteiger partial charge in [-0.25, -0.2) is 9.59 Å². The first-order valence-corrected chi connectivity index (χ1v) is 8.51. The van der Waals surface area contributed by atoms with Gasteiger partial charge in [-0.2, -0.15) is 13.2 Å². The van der Waals surface area contributed by atoms with Crippen molar-refractivity contribution in [3.05, 3.63) is 59.7 Å². The molecule has 0 atom stereocenters. The molecule has 0 saturated heterocycles. The number of hydrogen-bond donors (Lipinski definition) is 1. The molecular formula is C18H14F3NO5S. The van der Waals surface area contributed by atoms with Crippen molar-refractivity contribution in [3.63, 3.8) is 0 Å². The Morgan fingerprint density at radius 1 is 0.929 bits per heavy atom. The molecule has 6 nitrogen and oxygen atoms in total. The Balaban J connectivity index is 1.85. The number of rotatable bonds is 6. The van der Waals surface area contributed by atoms with E-state index in [1.165, 1.54) is 43.5 Å². The van der Waals surface area contributed by atoms with Crippen LogP contribution in [-0.2, 0) is 14.3 Å². The number of anilines is 1. The molecule has 10 heteroatoms. The topological polar surface area (TPSA) is 81.7 Å². The van der Waals surface area contributed by atoms with Crippen molar-refractivity contribution >= 4 is 35.3 Å². The summed E-state index contributed by atoms with van der Waals surface area (Å²) in [5, 5.41) is 2.47. The van der Waals surface area contributed by atoms with Crippen LogP contribution >= 0.6 is 11.8 Å². The van der Waals surface area contributed by atoms with Crippen molar-refractivity contribution in [3.8, 4) is 0 Å². The van der Waals surface area contributed by atoms with Crippen molar-refractivity contribution in [2.24, 2.45) is 0 Å². The molecule has 0 aromatic heterocycles. The van der Waals surface area contributed by atoms with Crippen LogP contribution in [0.25, 0.3) is 0 Å². The summed E-state index contributed by atoms with van der Waals surface area (Å²) in [5.74, 6) is -1.99. The maximum absolute atomic E-state index is 12.3. The number of amides is 1. The van der Waals surface area contributed by atoms with Gasteiger partial charge in [0.05, 0.1) is 18.2 Å². The van der Waals surface area contributed by atoms with E-state index in [1.54, 1.807) is 0 Å². The first-order chi connectivity index (χ1) is 13.2. The SMILES string of the molecule is COC(=O)c1ccc(NC(=O)COC(=O)c2ccc(SC(F)(F)F)cc2)cc1. The van der Waals surface area contributed by atoms with E-state index in [2.05, 4.69) is 10.1 Å². The summed E-state index contributed by atoms with van der Waals surface area (Å²) >= 11 is -0.300. The number of thioether (sulfide) groups is 1. The average molecular weight is 413 g/mol. The van der Waals surface area contributed by atoms with Crippen LogP contribution in [0.4, 0.5) is 18.9 Å². The number of carbonyl (C=O) groups is 3. The molecule has 0 radical (unpaired) electrons. The van der Waals surface area contributed by atoms with Gasteiger partial charge in [0.15, 0.2) is 6.61 Å². The summed E-state index contributed by atoms with van der Waals surface area (Å²) in [4.78, 5) is 34.9. The zero-order chi connectivity index (χ0) is 20.7. The number of halogens is 3. The van der Waals surface area contributed by atoms with Crippen LogP contribution in [0.15, 0.2) is 53.4 Å². The van der Waals surface area contributed by atoms with Gasteiger partial charge in [-0.1, -0.05) is 0 Å². The minimum Gasteiger partial charge on any atom is -0.465 e. The summed E-state index contributed by atoms with van der Waals surface area (Å²) in [6.07, 6.45) is 0. The zero-order valence-electron chi connectivity index (χ0n) is 14.4. The Hall–Kier alpha value is -3.01. The second-order valence-electron chi connectivity index (χ2n) is 5.27. The van der Waals surface area contributed by atoms with E-state index in [9.17, 15) is 27.6 Å². The van der Waals surface area contributed by atoms with Crippen molar-refractivity contribution < 1.29 is 37.0 Å². The van der Waals surface area contributed by atoms with Crippen LogP contribution in [-0.4, -0.2) is 37.1 Å². The lowest BCUT2D eigenvalue weighted by atomic mass is 10.2. The molecule has 1 N–H and O–H groups in total. The van der Waals surface area contributed by atoms with Gasteiger partial charge in [0, 0.05) is 10.6 Å². The van der Waals surface area contributed by atoms with Crippen molar-refractivity contribution in [2.75, 3.05) is 19.0 Å². The quantitative estimate of drug-likeness (QED) is 0.572. The summed E-state index contributed by atoms with van der Waals surface area (Å²) < 4.78 is 46.2. The van der Waals surface area contributed by atoms with Crippen LogP contribution in [0.3, 0.4) is 0 Å². The van der Waals surface area contributed by atoms with Gasteiger partial charge in [-0.3, -0.25) is 4.79 Å². The average Bonchev–Trinajstić information content (AvgIpc) is 2.65. The maximum atomic E-state index is 12.3. The molecule has 0 heterocycles. The molecule has 28 heavy (non-hydrogen) atoms. The van der Waals surface area contributed by atoms with Gasteiger partial charge in [-0.05, 0) is 60.3 Å². The highest BCUT2D eigenvalue weighted by atomic mass is 32.2. The zero-order valence-corrected chi connectivity index (χ0v) is 15.2. The molecular weight excluding hydrogens is 399 g/mol. The molecule has 0 fully saturated rings. The second kappa shape index (κ2) is 9.27. The minimum atomic E-state index is -4.42. The highest BCUT2D eigenvalue weighted by molar-refractivity contribution is 8.00. The molecule has 2 aromatic rings. The van der Waals surface area contributed by atoms with Gasteiger partial charge in [0.25, 0.3) is 5.91 Å². The summed E-state index contributed by atoms with van der Waals surface area (Å²) in [6.45, 7) is -0.587. The highest BCUT2D eigenvalue weighted by Crippen LogP contribution is 2.36. The van der Waals surface area contributed by atoms with Crippen LogP contribution in [0.5, 0.6) is 0 Å². The van der Waals surface area contributed by atoms with E-state index in [0.717, 1.165) is 12.1 Å². The first-order valence-electron chi connectivity index (χ1n) is 7.69. The van der Waals surface area contributed by atoms with Crippen LogP contribution in [0.1, 0.15) is 20.7 Å². The molecule has 0 aliphatic heterocycles. The van der Waals surface area contributed by atoms with E-state index < -0.39 is 30.0 Å². The molecule has 0 saturated carbocycles. The molecule has 0 aliphatic rings. The third-order valence-corrected chi connectivity index (χ3v) is 3.99. The lowest BCUT2D eigenvalue weighted by Crippen LogP contribution is -2.21. The number of methoxy groups -OCH3 is 1. The number of carbonyl (C=O) groups excluding carboxylic acids is 3. The molecule has 1 amide bonds. The second-order valence-corrected chi connectivity index (χ2v) is 6.40. The fourth-order valence-corrected chi connectivity index (χ4v) is 2.55. The van der Waals surface area contributed by atoms with Crippen molar-refractivity contribution in [1.82, 2.24) is 0 Å². The number of alkyl halides is 3. The third kappa shape index (κ3) is 6.62. The Morgan fingerprint density at radius 3 is 2.00 bits per heavy atom. The summed E-state index contributed by atoms with van der Waals surface area (Å²) in [6, 6.07) is 10.5. The van der Waals surface area contributed by atoms with Crippen LogP contribution in [0.2, 0.25) is 0 Å². The lowest BCUT2D eigenvalue weighted by molar-refractivity contribution is -0.119. The number of nitrogens with one attached hydrogen (secondary N) is 1. The van der Waals surface area contributed by atoms with Gasteiger partial charge in [0.1, 0.15) is 0 Å². The third-order valence-electron chi connectivity index (χ3n) is 3.25. The van der Waals surface area contributed by atoms with Gasteiger partial charge in [0.2, 0.25) is 0 Å². The molecule has 0 unspecified atom stereocenters. The maximum Gasteiger partial charge on any atom is 0.446 e. The van der Waals surface area contributed by atoms with Crippen LogP contribution < -0.4 is 5.32 Å². The molecule has 2 aromatic carbocycles. The van der Waals surface area contributed by atoms with Gasteiger partial charge in [-0.15, -0.1) is 0 Å². The lowest BCUT2D eigenvalue weighted by Gasteiger charge is -2.08. The predicted octanol–water partition coefficient (Wildman–Crippen LogP) is 3.88. The molecule has 0 spiro atoms. The normalized spacial score (nSPS) is 10.9. The first kappa shape index (κ1) is 21.3. The predicted molar refractivity (Wildman–Crippen MR) is 95.0 cm³/mol. The van der Waals surface area contributed by atoms with E-state index in [1.807, 2.05) is 0 Å². The van der Waals surface area contributed by atoms with Crippen molar-refractivity contribution in [1.29, 1.82) is 0 Å². The molecule has 0 bridgehead atoms. The molecule has 0 aliphatic carbocycles.